The normalized spacial score (nSPS) is 20.5. The molecule has 0 spiro atoms. The SMILES string of the molecule is CC(C)c1csc(N2CC(C#N)CC2=O)n1. The molecule has 0 aliphatic carbocycles. The summed E-state index contributed by atoms with van der Waals surface area (Å²) in [6.45, 7) is 4.63. The Hall–Kier alpha value is -1.41. The molecule has 4 nitrogen and oxygen atoms in total. The molecule has 0 bridgehead atoms. The molecule has 1 unspecified atom stereocenters. The van der Waals surface area contributed by atoms with Crippen LogP contribution in [0, 0.1) is 17.2 Å². The standard InChI is InChI=1S/C11H13N3OS/c1-7(2)9-6-16-11(13-9)14-5-8(4-12)3-10(14)15/h6-8H,3,5H2,1-2H3. The summed E-state index contributed by atoms with van der Waals surface area (Å²) in [7, 11) is 0. The van der Waals surface area contributed by atoms with E-state index in [2.05, 4.69) is 24.9 Å². The molecule has 84 valence electrons. The Kier molecular flexibility index (Phi) is 2.92. The average Bonchev–Trinajstić information content (AvgIpc) is 2.83. The number of rotatable bonds is 2. The van der Waals surface area contributed by atoms with E-state index < -0.39 is 0 Å². The lowest BCUT2D eigenvalue weighted by Gasteiger charge is -2.10. The fourth-order valence-electron chi connectivity index (χ4n) is 1.64. The first-order valence-electron chi connectivity index (χ1n) is 5.27. The largest absolute Gasteiger partial charge is 0.287 e. The highest BCUT2D eigenvalue weighted by Gasteiger charge is 2.32. The van der Waals surface area contributed by atoms with Gasteiger partial charge in [0.1, 0.15) is 0 Å². The van der Waals surface area contributed by atoms with Crippen LogP contribution in [0.1, 0.15) is 31.9 Å². The molecule has 0 radical (unpaired) electrons. The summed E-state index contributed by atoms with van der Waals surface area (Å²) < 4.78 is 0. The number of amides is 1. The molecule has 2 heterocycles. The Morgan fingerprint density at radius 1 is 1.69 bits per heavy atom. The number of nitrogens with zero attached hydrogens (tertiary/aromatic N) is 3. The molecule has 1 saturated heterocycles. The number of aromatic nitrogens is 1. The molecule has 16 heavy (non-hydrogen) atoms. The van der Waals surface area contributed by atoms with Crippen LogP contribution in [0.2, 0.25) is 0 Å². The van der Waals surface area contributed by atoms with Crippen LogP contribution in [0.25, 0.3) is 0 Å². The van der Waals surface area contributed by atoms with Crippen LogP contribution in [0.15, 0.2) is 5.38 Å². The second-order valence-electron chi connectivity index (χ2n) is 4.24. The van der Waals surface area contributed by atoms with Gasteiger partial charge in [-0.15, -0.1) is 11.3 Å². The van der Waals surface area contributed by atoms with Crippen molar-refractivity contribution < 1.29 is 4.79 Å². The number of hydrogen-bond donors (Lipinski definition) is 0. The van der Waals surface area contributed by atoms with Gasteiger partial charge in [0.2, 0.25) is 5.91 Å². The van der Waals surface area contributed by atoms with E-state index in [1.807, 2.05) is 5.38 Å². The highest BCUT2D eigenvalue weighted by molar-refractivity contribution is 7.14. The maximum atomic E-state index is 11.7. The van der Waals surface area contributed by atoms with E-state index in [1.54, 1.807) is 4.90 Å². The number of anilines is 1. The lowest BCUT2D eigenvalue weighted by Crippen LogP contribution is -2.24. The molecular formula is C11H13N3OS. The lowest BCUT2D eigenvalue weighted by atomic mass is 10.1. The predicted octanol–water partition coefficient (Wildman–Crippen LogP) is 2.14. The van der Waals surface area contributed by atoms with Crippen molar-refractivity contribution in [3.63, 3.8) is 0 Å². The monoisotopic (exact) mass is 235 g/mol. The van der Waals surface area contributed by atoms with Gasteiger partial charge in [-0.1, -0.05) is 13.8 Å². The molecule has 1 aromatic heterocycles. The maximum absolute atomic E-state index is 11.7. The molecule has 1 fully saturated rings. The number of hydrogen-bond acceptors (Lipinski definition) is 4. The summed E-state index contributed by atoms with van der Waals surface area (Å²) in [6, 6.07) is 2.14. The minimum atomic E-state index is -0.182. The molecule has 0 saturated carbocycles. The summed E-state index contributed by atoms with van der Waals surface area (Å²) in [4.78, 5) is 17.7. The molecule has 2 rings (SSSR count). The minimum absolute atomic E-state index is 0.0104. The molecule has 0 aromatic carbocycles. The van der Waals surface area contributed by atoms with Gasteiger partial charge >= 0.3 is 0 Å². The quantitative estimate of drug-likeness (QED) is 0.789. The van der Waals surface area contributed by atoms with E-state index in [-0.39, 0.29) is 11.8 Å². The zero-order valence-electron chi connectivity index (χ0n) is 9.30. The zero-order valence-corrected chi connectivity index (χ0v) is 10.1. The van der Waals surface area contributed by atoms with Crippen molar-refractivity contribution in [3.05, 3.63) is 11.1 Å². The third kappa shape index (κ3) is 1.93. The Labute approximate surface area is 98.5 Å². The van der Waals surface area contributed by atoms with E-state index in [0.717, 1.165) is 10.8 Å². The first-order valence-corrected chi connectivity index (χ1v) is 6.15. The fourth-order valence-corrected chi connectivity index (χ4v) is 2.66. The summed E-state index contributed by atoms with van der Waals surface area (Å²) in [5.74, 6) is 0.199. The van der Waals surface area contributed by atoms with Gasteiger partial charge in [0.25, 0.3) is 0 Å². The highest BCUT2D eigenvalue weighted by Crippen LogP contribution is 2.29. The first kappa shape index (κ1) is 11.1. The molecule has 1 atom stereocenters. The van der Waals surface area contributed by atoms with Crippen LogP contribution in [0.3, 0.4) is 0 Å². The lowest BCUT2D eigenvalue weighted by molar-refractivity contribution is -0.117. The van der Waals surface area contributed by atoms with Crippen molar-refractivity contribution in [3.8, 4) is 6.07 Å². The Bertz CT molecular complexity index is 446. The van der Waals surface area contributed by atoms with E-state index in [0.29, 0.717) is 18.9 Å². The molecule has 1 aliphatic heterocycles. The van der Waals surface area contributed by atoms with Gasteiger partial charge in [0.05, 0.1) is 17.7 Å². The van der Waals surface area contributed by atoms with Crippen molar-refractivity contribution in [2.45, 2.75) is 26.2 Å². The van der Waals surface area contributed by atoms with E-state index >= 15 is 0 Å². The van der Waals surface area contributed by atoms with Crippen molar-refractivity contribution in [2.75, 3.05) is 11.4 Å². The van der Waals surface area contributed by atoms with Crippen molar-refractivity contribution in [1.29, 1.82) is 5.26 Å². The third-order valence-corrected chi connectivity index (χ3v) is 3.52. The topological polar surface area (TPSA) is 57.0 Å². The second-order valence-corrected chi connectivity index (χ2v) is 5.08. The maximum Gasteiger partial charge on any atom is 0.230 e. The molecule has 5 heteroatoms. The number of nitriles is 1. The Morgan fingerprint density at radius 2 is 2.44 bits per heavy atom. The molecule has 1 aliphatic rings. The van der Waals surface area contributed by atoms with E-state index in [4.69, 9.17) is 5.26 Å². The van der Waals surface area contributed by atoms with Crippen LogP contribution in [-0.2, 0) is 4.79 Å². The van der Waals surface area contributed by atoms with Crippen molar-refractivity contribution in [2.24, 2.45) is 5.92 Å². The molecular weight excluding hydrogens is 222 g/mol. The van der Waals surface area contributed by atoms with Crippen molar-refractivity contribution >= 4 is 22.4 Å². The molecule has 0 N–H and O–H groups in total. The molecule has 1 aromatic rings. The summed E-state index contributed by atoms with van der Waals surface area (Å²) in [5.41, 5.74) is 1.01. The Morgan fingerprint density at radius 3 is 2.94 bits per heavy atom. The minimum Gasteiger partial charge on any atom is -0.287 e. The second kappa shape index (κ2) is 4.22. The predicted molar refractivity (Wildman–Crippen MR) is 62.3 cm³/mol. The van der Waals surface area contributed by atoms with Gasteiger partial charge in [-0.2, -0.15) is 5.26 Å². The van der Waals surface area contributed by atoms with Crippen molar-refractivity contribution in [1.82, 2.24) is 4.98 Å². The number of thiazole rings is 1. The van der Waals surface area contributed by atoms with Gasteiger partial charge in [-0.3, -0.25) is 9.69 Å². The van der Waals surface area contributed by atoms with Gasteiger partial charge in [0, 0.05) is 18.3 Å². The van der Waals surface area contributed by atoms with Crippen LogP contribution in [0.5, 0.6) is 0 Å². The van der Waals surface area contributed by atoms with Gasteiger partial charge in [-0.05, 0) is 5.92 Å². The average molecular weight is 235 g/mol. The zero-order chi connectivity index (χ0) is 11.7. The number of carbonyl (C=O) groups excluding carboxylic acids is 1. The van der Waals surface area contributed by atoms with E-state index in [1.165, 1.54) is 11.3 Å². The summed E-state index contributed by atoms with van der Waals surface area (Å²) in [5, 5.41) is 11.5. The fraction of sp³-hybridized carbons (Fsp3) is 0.545. The van der Waals surface area contributed by atoms with Crippen LogP contribution >= 0.6 is 11.3 Å². The van der Waals surface area contributed by atoms with Gasteiger partial charge < -0.3 is 0 Å². The summed E-state index contributed by atoms with van der Waals surface area (Å²) in [6.07, 6.45) is 0.326. The van der Waals surface area contributed by atoms with Gasteiger partial charge in [-0.25, -0.2) is 4.98 Å². The van der Waals surface area contributed by atoms with Crippen LogP contribution < -0.4 is 4.90 Å². The summed E-state index contributed by atoms with van der Waals surface area (Å²) >= 11 is 1.48. The van der Waals surface area contributed by atoms with E-state index in [9.17, 15) is 4.79 Å². The molecule has 1 amide bonds. The van der Waals surface area contributed by atoms with Crippen LogP contribution in [-0.4, -0.2) is 17.4 Å². The first-order chi connectivity index (χ1) is 7.61. The Balaban J connectivity index is 2.19. The highest BCUT2D eigenvalue weighted by atomic mass is 32.1. The third-order valence-electron chi connectivity index (χ3n) is 2.64. The van der Waals surface area contributed by atoms with Crippen LogP contribution in [0.4, 0.5) is 5.13 Å². The van der Waals surface area contributed by atoms with Gasteiger partial charge in [0.15, 0.2) is 5.13 Å². The smallest absolute Gasteiger partial charge is 0.230 e. The number of carbonyl (C=O) groups is 1.